The van der Waals surface area contributed by atoms with E-state index in [2.05, 4.69) is 21.6 Å². The summed E-state index contributed by atoms with van der Waals surface area (Å²) >= 11 is 0. The quantitative estimate of drug-likeness (QED) is 0.315. The second-order valence-electron chi connectivity index (χ2n) is 11.9. The maximum absolute atomic E-state index is 14.1. The zero-order chi connectivity index (χ0) is 30.1. The van der Waals surface area contributed by atoms with Gasteiger partial charge in [-0.05, 0) is 35.6 Å². The Morgan fingerprint density at radius 3 is 2.63 bits per heavy atom. The van der Waals surface area contributed by atoms with Gasteiger partial charge in [0.2, 0.25) is 17.7 Å². The monoisotopic (exact) mass is 582 g/mol. The van der Waals surface area contributed by atoms with Gasteiger partial charge in [-0.25, -0.2) is 14.8 Å². The number of carbonyl (C=O) groups excluding carboxylic acids is 2. The number of aryl methyl sites for hydroxylation is 1. The minimum atomic E-state index is -0.844. The smallest absolute Gasteiger partial charge is 0.328 e. The average Bonchev–Trinajstić information content (AvgIpc) is 3.63. The molecule has 11 nitrogen and oxygen atoms in total. The highest BCUT2D eigenvalue weighted by Gasteiger charge is 2.46. The van der Waals surface area contributed by atoms with E-state index in [4.69, 9.17) is 23.9 Å². The minimum absolute atomic E-state index is 0.149. The second kappa shape index (κ2) is 11.5. The molecule has 1 amide bonds. The number of nitrogens with one attached hydrogen (secondary N) is 1. The van der Waals surface area contributed by atoms with Crippen LogP contribution in [-0.2, 0) is 20.7 Å². The molecule has 4 aromatic rings. The van der Waals surface area contributed by atoms with Gasteiger partial charge >= 0.3 is 12.0 Å². The fourth-order valence-corrected chi connectivity index (χ4v) is 5.46. The maximum atomic E-state index is 14.1. The van der Waals surface area contributed by atoms with Crippen LogP contribution in [-0.4, -0.2) is 68.8 Å². The third-order valence-electron chi connectivity index (χ3n) is 7.68. The predicted molar refractivity (Wildman–Crippen MR) is 160 cm³/mol. The lowest BCUT2D eigenvalue weighted by Crippen LogP contribution is -2.53. The van der Waals surface area contributed by atoms with Crippen LogP contribution in [0.4, 0.5) is 6.01 Å². The third kappa shape index (κ3) is 5.93. The van der Waals surface area contributed by atoms with Gasteiger partial charge in [0.05, 0.1) is 24.7 Å². The molecule has 2 aliphatic rings. The predicted octanol–water partition coefficient (Wildman–Crippen LogP) is 4.69. The molecule has 6 rings (SSSR count). The zero-order valence-corrected chi connectivity index (χ0v) is 24.6. The number of amides is 1. The summed E-state index contributed by atoms with van der Waals surface area (Å²) in [6, 6.07) is 14.1. The number of anilines is 1. The van der Waals surface area contributed by atoms with E-state index >= 15 is 0 Å². The Balaban J connectivity index is 1.45. The van der Waals surface area contributed by atoms with Crippen LogP contribution in [0.15, 0.2) is 59.0 Å². The molecule has 0 saturated carbocycles. The molecule has 1 unspecified atom stereocenters. The van der Waals surface area contributed by atoms with Crippen molar-refractivity contribution in [3.8, 4) is 17.1 Å². The highest BCUT2D eigenvalue weighted by Crippen LogP contribution is 2.34. The molecule has 0 aliphatic carbocycles. The lowest BCUT2D eigenvalue weighted by molar-refractivity contribution is -0.151. The van der Waals surface area contributed by atoms with Crippen molar-refractivity contribution < 1.29 is 23.5 Å². The molecule has 11 heteroatoms. The van der Waals surface area contributed by atoms with Crippen LogP contribution >= 0.6 is 0 Å². The Hall–Kier alpha value is -4.80. The number of ether oxygens (including phenoxy) is 2. The van der Waals surface area contributed by atoms with Crippen molar-refractivity contribution in [1.82, 2.24) is 25.1 Å². The van der Waals surface area contributed by atoms with Crippen molar-refractivity contribution in [3.05, 3.63) is 66.1 Å². The van der Waals surface area contributed by atoms with Crippen LogP contribution < -0.4 is 10.1 Å². The number of para-hydroxylation sites is 2. The van der Waals surface area contributed by atoms with Crippen molar-refractivity contribution in [1.29, 1.82) is 0 Å². The first-order chi connectivity index (χ1) is 20.7. The van der Waals surface area contributed by atoms with Crippen molar-refractivity contribution in [3.63, 3.8) is 0 Å². The van der Waals surface area contributed by atoms with E-state index in [0.29, 0.717) is 35.8 Å². The Bertz CT molecular complexity index is 1690. The Kier molecular flexibility index (Phi) is 7.55. The van der Waals surface area contributed by atoms with Crippen LogP contribution in [0.5, 0.6) is 5.88 Å². The number of esters is 1. The molecule has 1 N–H and O–H groups in total. The summed E-state index contributed by atoms with van der Waals surface area (Å²) in [5, 5.41) is 11.4. The largest absolute Gasteiger partial charge is 0.471 e. The highest BCUT2D eigenvalue weighted by molar-refractivity contribution is 5.90. The van der Waals surface area contributed by atoms with E-state index in [0.717, 1.165) is 16.6 Å². The SMILES string of the molecule is COC(=O)[C@@H]1CC2CN1C(=O)[C@H](C(C)(C)C)Nc1nnc(o1)CCC=Cc1cccc(c1)-c1nc3ccccc3nc1O2. The number of allylic oxidation sites excluding steroid dienone is 1. The summed E-state index contributed by atoms with van der Waals surface area (Å²) in [6.45, 7) is 5.95. The van der Waals surface area contributed by atoms with Crippen LogP contribution in [0.2, 0.25) is 0 Å². The van der Waals surface area contributed by atoms with E-state index in [1.807, 2.05) is 75.4 Å². The second-order valence-corrected chi connectivity index (χ2v) is 11.9. The van der Waals surface area contributed by atoms with E-state index in [-0.39, 0.29) is 24.9 Å². The molecule has 3 atom stereocenters. The first kappa shape index (κ1) is 28.3. The molecule has 2 aromatic carbocycles. The summed E-state index contributed by atoms with van der Waals surface area (Å²) < 4.78 is 17.5. The molecule has 1 fully saturated rings. The van der Waals surface area contributed by atoms with Gasteiger partial charge in [-0.15, -0.1) is 5.10 Å². The van der Waals surface area contributed by atoms with Crippen LogP contribution in [0.3, 0.4) is 0 Å². The molecule has 1 saturated heterocycles. The normalized spacial score (nSPS) is 20.8. The number of nitrogens with zero attached hydrogens (tertiary/aromatic N) is 5. The van der Waals surface area contributed by atoms with Gasteiger partial charge in [0.1, 0.15) is 23.9 Å². The summed E-state index contributed by atoms with van der Waals surface area (Å²) in [5.41, 5.74) is 3.26. The molecular formula is C32H34N6O5. The molecule has 0 radical (unpaired) electrons. The highest BCUT2D eigenvalue weighted by atomic mass is 16.5. The molecule has 0 spiro atoms. The van der Waals surface area contributed by atoms with Crippen molar-refractivity contribution in [2.24, 2.45) is 5.41 Å². The van der Waals surface area contributed by atoms with E-state index < -0.39 is 29.6 Å². The molecular weight excluding hydrogens is 548 g/mol. The molecule has 222 valence electrons. The summed E-state index contributed by atoms with van der Waals surface area (Å²) in [6.07, 6.45) is 4.99. The summed E-state index contributed by atoms with van der Waals surface area (Å²) in [4.78, 5) is 38.4. The first-order valence-electron chi connectivity index (χ1n) is 14.4. The first-order valence-corrected chi connectivity index (χ1v) is 14.4. The van der Waals surface area contributed by atoms with E-state index in [1.165, 1.54) is 12.0 Å². The number of benzene rings is 2. The molecule has 2 aliphatic heterocycles. The zero-order valence-electron chi connectivity index (χ0n) is 24.6. The van der Waals surface area contributed by atoms with Crippen LogP contribution in [0, 0.1) is 5.41 Å². The summed E-state index contributed by atoms with van der Waals surface area (Å²) in [5.74, 6) is -0.0212. The van der Waals surface area contributed by atoms with E-state index in [9.17, 15) is 9.59 Å². The van der Waals surface area contributed by atoms with E-state index in [1.54, 1.807) is 0 Å². The Morgan fingerprint density at radius 2 is 1.86 bits per heavy atom. The lowest BCUT2D eigenvalue weighted by Gasteiger charge is -2.34. The van der Waals surface area contributed by atoms with Gasteiger partial charge in [-0.2, -0.15) is 0 Å². The fourth-order valence-electron chi connectivity index (χ4n) is 5.46. The number of hydrogen-bond acceptors (Lipinski definition) is 10. The number of aromatic nitrogens is 4. The maximum Gasteiger partial charge on any atom is 0.328 e. The lowest BCUT2D eigenvalue weighted by atomic mass is 9.85. The van der Waals surface area contributed by atoms with Crippen LogP contribution in [0.1, 0.15) is 45.1 Å². The standard InChI is InChI=1S/C32H34N6O5/c1-32(2,3)27-29(39)38-18-21(17-24(38)30(40)41-4)42-28-26(33-22-13-6-7-14-23(22)34-28)20-12-9-11-19(16-20)10-5-8-15-25-36-37-31(35-27)43-25/h5-7,9-14,16,21,24,27H,8,15,17-18H2,1-4H3,(H,35,37)/t21?,24-,27+/m0/s1. The van der Waals surface area contributed by atoms with Crippen molar-refractivity contribution in [2.45, 2.75) is 58.2 Å². The molecule has 6 bridgehead atoms. The molecule has 4 heterocycles. The summed E-state index contributed by atoms with van der Waals surface area (Å²) in [7, 11) is 1.32. The van der Waals surface area contributed by atoms with Crippen molar-refractivity contribution in [2.75, 3.05) is 19.0 Å². The number of fused-ring (bicyclic) bond motifs is 9. The fraction of sp³-hybridized carbons (Fsp3) is 0.375. The number of carbonyl (C=O) groups is 2. The van der Waals surface area contributed by atoms with Crippen LogP contribution in [0.25, 0.3) is 28.4 Å². The number of rotatable bonds is 1. The third-order valence-corrected chi connectivity index (χ3v) is 7.68. The van der Waals surface area contributed by atoms with Gasteiger partial charge in [-0.3, -0.25) is 4.79 Å². The average molecular weight is 583 g/mol. The van der Waals surface area contributed by atoms with Gasteiger partial charge < -0.3 is 24.1 Å². The van der Waals surface area contributed by atoms with Gasteiger partial charge in [0, 0.05) is 18.4 Å². The van der Waals surface area contributed by atoms with Gasteiger partial charge in [-0.1, -0.05) is 68.4 Å². The topological polar surface area (TPSA) is 133 Å². The molecule has 43 heavy (non-hydrogen) atoms. The number of hydrogen-bond donors (Lipinski definition) is 1. The Labute approximate surface area is 249 Å². The van der Waals surface area contributed by atoms with Crippen molar-refractivity contribution >= 4 is 35.0 Å². The number of methoxy groups -OCH3 is 1. The van der Waals surface area contributed by atoms with Gasteiger partial charge in [0.25, 0.3) is 0 Å². The van der Waals surface area contributed by atoms with Gasteiger partial charge in [0.15, 0.2) is 0 Å². The minimum Gasteiger partial charge on any atom is -0.471 e. The Morgan fingerprint density at radius 1 is 1.07 bits per heavy atom. The molecule has 2 aromatic heterocycles.